The van der Waals surface area contributed by atoms with Crippen molar-refractivity contribution in [1.29, 1.82) is 0 Å². The van der Waals surface area contributed by atoms with Crippen LogP contribution < -0.4 is 10.1 Å². The zero-order valence-corrected chi connectivity index (χ0v) is 11.8. The second-order valence-corrected chi connectivity index (χ2v) is 4.79. The number of hydrogen-bond donors (Lipinski definition) is 1. The first-order valence-electron chi connectivity index (χ1n) is 7.06. The zero-order valence-electron chi connectivity index (χ0n) is 11.8. The third-order valence-corrected chi connectivity index (χ3v) is 3.38. The van der Waals surface area contributed by atoms with E-state index in [-0.39, 0.29) is 12.1 Å². The first-order chi connectivity index (χ1) is 9.36. The number of methoxy groups -OCH3 is 1. The van der Waals surface area contributed by atoms with E-state index in [2.05, 4.69) is 22.2 Å². The van der Waals surface area contributed by atoms with E-state index in [1.165, 1.54) is 6.42 Å². The molecule has 0 aromatic carbocycles. The molecule has 1 aromatic heterocycles. The summed E-state index contributed by atoms with van der Waals surface area (Å²) in [6.07, 6.45) is 8.01. The van der Waals surface area contributed by atoms with Crippen LogP contribution in [-0.2, 0) is 4.74 Å². The normalized spacial score (nSPS) is 21.1. The lowest BCUT2D eigenvalue weighted by Gasteiger charge is -2.31. The molecule has 5 heteroatoms. The minimum absolute atomic E-state index is 0.0592. The fourth-order valence-electron chi connectivity index (χ4n) is 2.44. The molecule has 5 nitrogen and oxygen atoms in total. The van der Waals surface area contributed by atoms with Gasteiger partial charge >= 0.3 is 0 Å². The van der Waals surface area contributed by atoms with Crippen LogP contribution in [0, 0.1) is 0 Å². The maximum atomic E-state index is 5.91. The molecule has 0 saturated carbocycles. The number of ether oxygens (including phenoxy) is 2. The van der Waals surface area contributed by atoms with Gasteiger partial charge in [-0.05, 0) is 32.2 Å². The zero-order chi connectivity index (χ0) is 13.5. The van der Waals surface area contributed by atoms with Crippen LogP contribution in [0.5, 0.6) is 5.88 Å². The van der Waals surface area contributed by atoms with Crippen molar-refractivity contribution in [2.45, 2.75) is 44.8 Å². The van der Waals surface area contributed by atoms with Gasteiger partial charge < -0.3 is 14.8 Å². The lowest BCUT2D eigenvalue weighted by atomic mass is 9.99. The monoisotopic (exact) mass is 265 g/mol. The highest BCUT2D eigenvalue weighted by molar-refractivity contribution is 5.22. The van der Waals surface area contributed by atoms with Crippen molar-refractivity contribution in [3.05, 3.63) is 18.1 Å². The molecule has 0 amide bonds. The van der Waals surface area contributed by atoms with Crippen LogP contribution in [0.4, 0.5) is 0 Å². The van der Waals surface area contributed by atoms with Crippen LogP contribution in [0.3, 0.4) is 0 Å². The molecule has 2 heterocycles. The van der Waals surface area contributed by atoms with E-state index in [9.17, 15) is 0 Å². The summed E-state index contributed by atoms with van der Waals surface area (Å²) in [6, 6.07) is 0.0592. The van der Waals surface area contributed by atoms with Crippen molar-refractivity contribution in [2.24, 2.45) is 0 Å². The molecular formula is C14H23N3O2. The Morgan fingerprint density at radius 1 is 1.42 bits per heavy atom. The van der Waals surface area contributed by atoms with Crippen LogP contribution in [0.2, 0.25) is 0 Å². The summed E-state index contributed by atoms with van der Waals surface area (Å²) < 4.78 is 11.2. The second kappa shape index (κ2) is 7.40. The Morgan fingerprint density at radius 3 is 2.95 bits per heavy atom. The van der Waals surface area contributed by atoms with E-state index in [4.69, 9.17) is 9.47 Å². The molecule has 0 spiro atoms. The van der Waals surface area contributed by atoms with Crippen LogP contribution >= 0.6 is 0 Å². The predicted octanol–water partition coefficient (Wildman–Crippen LogP) is 2.09. The van der Waals surface area contributed by atoms with Gasteiger partial charge in [0.15, 0.2) is 0 Å². The lowest BCUT2D eigenvalue weighted by molar-refractivity contribution is -0.00964. The average Bonchev–Trinajstić information content (AvgIpc) is 2.49. The molecule has 1 aromatic rings. The lowest BCUT2D eigenvalue weighted by Crippen LogP contribution is -2.37. The van der Waals surface area contributed by atoms with Crippen molar-refractivity contribution in [3.8, 4) is 5.88 Å². The molecule has 0 bridgehead atoms. The Hall–Kier alpha value is -1.20. The summed E-state index contributed by atoms with van der Waals surface area (Å²) in [5.74, 6) is 0.588. The highest BCUT2D eigenvalue weighted by Gasteiger charge is 2.29. The Kier molecular flexibility index (Phi) is 5.54. The van der Waals surface area contributed by atoms with Crippen molar-refractivity contribution in [2.75, 3.05) is 20.3 Å². The van der Waals surface area contributed by atoms with Crippen LogP contribution in [-0.4, -0.2) is 36.3 Å². The summed E-state index contributed by atoms with van der Waals surface area (Å²) >= 11 is 0. The van der Waals surface area contributed by atoms with Crippen molar-refractivity contribution in [3.63, 3.8) is 0 Å². The number of nitrogens with zero attached hydrogens (tertiary/aromatic N) is 2. The van der Waals surface area contributed by atoms with Crippen molar-refractivity contribution >= 4 is 0 Å². The van der Waals surface area contributed by atoms with Gasteiger partial charge in [0, 0.05) is 19.0 Å². The third-order valence-electron chi connectivity index (χ3n) is 3.38. The molecule has 2 atom stereocenters. The van der Waals surface area contributed by atoms with Crippen molar-refractivity contribution in [1.82, 2.24) is 15.3 Å². The predicted molar refractivity (Wildman–Crippen MR) is 73.2 cm³/mol. The summed E-state index contributed by atoms with van der Waals surface area (Å²) in [4.78, 5) is 8.69. The largest absolute Gasteiger partial charge is 0.480 e. The average molecular weight is 265 g/mol. The topological polar surface area (TPSA) is 56.3 Å². The molecule has 0 aliphatic carbocycles. The minimum Gasteiger partial charge on any atom is -0.480 e. The second-order valence-electron chi connectivity index (χ2n) is 4.79. The third kappa shape index (κ3) is 3.64. The summed E-state index contributed by atoms with van der Waals surface area (Å²) in [7, 11) is 1.63. The molecule has 0 radical (unpaired) electrons. The van der Waals surface area contributed by atoms with E-state index in [0.717, 1.165) is 38.1 Å². The van der Waals surface area contributed by atoms with E-state index in [1.807, 2.05) is 0 Å². The van der Waals surface area contributed by atoms with Gasteiger partial charge in [-0.15, -0.1) is 0 Å². The number of aromatic nitrogens is 2. The van der Waals surface area contributed by atoms with Gasteiger partial charge in [0.2, 0.25) is 5.88 Å². The molecule has 2 unspecified atom stereocenters. The first kappa shape index (κ1) is 14.2. The van der Waals surface area contributed by atoms with Gasteiger partial charge in [-0.2, -0.15) is 0 Å². The molecular weight excluding hydrogens is 242 g/mol. The fourth-order valence-corrected chi connectivity index (χ4v) is 2.44. The Labute approximate surface area is 114 Å². The minimum atomic E-state index is 0.0592. The molecule has 2 rings (SSSR count). The van der Waals surface area contributed by atoms with Crippen LogP contribution in [0.15, 0.2) is 12.4 Å². The van der Waals surface area contributed by atoms with Gasteiger partial charge in [-0.25, -0.2) is 4.98 Å². The van der Waals surface area contributed by atoms with Gasteiger partial charge in [-0.1, -0.05) is 6.92 Å². The van der Waals surface area contributed by atoms with E-state index >= 15 is 0 Å². The fraction of sp³-hybridized carbons (Fsp3) is 0.714. The van der Waals surface area contributed by atoms with E-state index in [0.29, 0.717) is 5.88 Å². The number of rotatable bonds is 6. The SMILES string of the molecule is CCCNC(c1nccnc1OC)C1CCCCO1. The summed E-state index contributed by atoms with van der Waals surface area (Å²) in [6.45, 7) is 3.92. The quantitative estimate of drug-likeness (QED) is 0.853. The van der Waals surface area contributed by atoms with Gasteiger partial charge in [0.1, 0.15) is 5.69 Å². The highest BCUT2D eigenvalue weighted by atomic mass is 16.5. The molecule has 19 heavy (non-hydrogen) atoms. The summed E-state index contributed by atoms with van der Waals surface area (Å²) in [5, 5.41) is 3.52. The summed E-state index contributed by atoms with van der Waals surface area (Å²) in [5.41, 5.74) is 0.852. The van der Waals surface area contributed by atoms with Crippen LogP contribution in [0.25, 0.3) is 0 Å². The molecule has 106 valence electrons. The Balaban J connectivity index is 2.19. The molecule has 1 N–H and O–H groups in total. The Morgan fingerprint density at radius 2 is 2.26 bits per heavy atom. The number of nitrogens with one attached hydrogen (secondary N) is 1. The molecule has 1 saturated heterocycles. The first-order valence-corrected chi connectivity index (χ1v) is 7.06. The van der Waals surface area contributed by atoms with Gasteiger partial charge in [0.25, 0.3) is 0 Å². The molecule has 1 aliphatic heterocycles. The van der Waals surface area contributed by atoms with Crippen LogP contribution in [0.1, 0.15) is 44.3 Å². The maximum Gasteiger partial charge on any atom is 0.237 e. The van der Waals surface area contributed by atoms with Gasteiger partial charge in [-0.3, -0.25) is 4.98 Å². The van der Waals surface area contributed by atoms with E-state index < -0.39 is 0 Å². The van der Waals surface area contributed by atoms with Gasteiger partial charge in [0.05, 0.1) is 19.3 Å². The Bertz CT molecular complexity index is 381. The standard InChI is InChI=1S/C14H23N3O2/c1-3-7-15-12(11-6-4-5-10-19-11)13-14(18-2)17-9-8-16-13/h8-9,11-12,15H,3-7,10H2,1-2H3. The smallest absolute Gasteiger partial charge is 0.237 e. The highest BCUT2D eigenvalue weighted by Crippen LogP contribution is 2.29. The van der Waals surface area contributed by atoms with E-state index in [1.54, 1.807) is 19.5 Å². The molecule has 1 fully saturated rings. The molecule has 1 aliphatic rings. The van der Waals surface area contributed by atoms with Crippen molar-refractivity contribution < 1.29 is 9.47 Å². The number of hydrogen-bond acceptors (Lipinski definition) is 5. The maximum absolute atomic E-state index is 5.91.